The highest BCUT2D eigenvalue weighted by molar-refractivity contribution is 5.51. The van der Waals surface area contributed by atoms with Gasteiger partial charge in [-0.25, -0.2) is 4.98 Å². The van der Waals surface area contributed by atoms with E-state index in [9.17, 15) is 0 Å². The molecule has 85 valence electrons. The molecule has 1 aromatic heterocycles. The first-order chi connectivity index (χ1) is 8.38. The molecule has 0 aliphatic carbocycles. The Labute approximate surface area is 102 Å². The summed E-state index contributed by atoms with van der Waals surface area (Å²) in [6, 6.07) is 8.49. The van der Waals surface area contributed by atoms with Crippen molar-refractivity contribution in [2.45, 2.75) is 6.54 Å². The number of aromatic nitrogens is 2. The van der Waals surface area contributed by atoms with E-state index in [1.54, 1.807) is 12.3 Å². The first-order valence-electron chi connectivity index (χ1n) is 5.55. The van der Waals surface area contributed by atoms with Crippen LogP contribution in [0.15, 0.2) is 61.2 Å². The second kappa shape index (κ2) is 5.85. The van der Waals surface area contributed by atoms with Crippen molar-refractivity contribution in [3.63, 3.8) is 0 Å². The van der Waals surface area contributed by atoms with Gasteiger partial charge in [-0.2, -0.15) is 0 Å². The number of benzene rings is 1. The lowest BCUT2D eigenvalue weighted by Crippen LogP contribution is -1.95. The lowest BCUT2D eigenvalue weighted by atomic mass is 10.1. The van der Waals surface area contributed by atoms with Crippen molar-refractivity contribution in [3.8, 4) is 0 Å². The molecule has 0 N–H and O–H groups in total. The smallest absolute Gasteiger partial charge is 0.0949 e. The van der Waals surface area contributed by atoms with Crippen LogP contribution in [0.2, 0.25) is 0 Å². The van der Waals surface area contributed by atoms with Crippen LogP contribution in [0, 0.1) is 6.92 Å². The monoisotopic (exact) mass is 223 g/mol. The molecule has 0 unspecified atom stereocenters. The van der Waals surface area contributed by atoms with Crippen LogP contribution in [0.3, 0.4) is 0 Å². The van der Waals surface area contributed by atoms with E-state index in [-0.39, 0.29) is 0 Å². The summed E-state index contributed by atoms with van der Waals surface area (Å²) in [6.45, 7) is 4.50. The summed E-state index contributed by atoms with van der Waals surface area (Å²) in [5.41, 5.74) is 2.46. The lowest BCUT2D eigenvalue weighted by Gasteiger charge is -2.02. The van der Waals surface area contributed by atoms with Crippen molar-refractivity contribution in [2.24, 2.45) is 0 Å². The van der Waals surface area contributed by atoms with Crippen LogP contribution in [0.25, 0.3) is 6.08 Å². The molecule has 0 saturated carbocycles. The van der Waals surface area contributed by atoms with Crippen LogP contribution in [-0.4, -0.2) is 9.55 Å². The zero-order chi connectivity index (χ0) is 11.9. The fourth-order valence-electron chi connectivity index (χ4n) is 1.57. The largest absolute Gasteiger partial charge is 0.333 e. The van der Waals surface area contributed by atoms with E-state index < -0.39 is 0 Å². The second-order valence-electron chi connectivity index (χ2n) is 3.76. The second-order valence-corrected chi connectivity index (χ2v) is 3.76. The predicted molar refractivity (Wildman–Crippen MR) is 71.3 cm³/mol. The molecular weight excluding hydrogens is 208 g/mol. The van der Waals surface area contributed by atoms with E-state index in [1.807, 2.05) is 24.7 Å². The lowest BCUT2D eigenvalue weighted by molar-refractivity contribution is 0.797. The Morgan fingerprint density at radius 1 is 1.18 bits per heavy atom. The van der Waals surface area contributed by atoms with Crippen LogP contribution in [0.1, 0.15) is 11.1 Å². The highest BCUT2D eigenvalue weighted by atomic mass is 15.0. The first-order valence-corrected chi connectivity index (χ1v) is 5.55. The van der Waals surface area contributed by atoms with Gasteiger partial charge in [0.15, 0.2) is 0 Å². The van der Waals surface area contributed by atoms with E-state index >= 15 is 0 Å². The molecule has 2 rings (SSSR count). The minimum Gasteiger partial charge on any atom is -0.333 e. The highest BCUT2D eigenvalue weighted by Gasteiger charge is 1.94. The van der Waals surface area contributed by atoms with Crippen molar-refractivity contribution in [1.29, 1.82) is 0 Å². The molecule has 1 radical (unpaired) electrons. The van der Waals surface area contributed by atoms with Crippen molar-refractivity contribution in [1.82, 2.24) is 9.55 Å². The van der Waals surface area contributed by atoms with Crippen molar-refractivity contribution < 1.29 is 0 Å². The topological polar surface area (TPSA) is 17.8 Å². The Balaban J connectivity index is 2.03. The maximum absolute atomic E-state index is 4.02. The van der Waals surface area contributed by atoms with Gasteiger partial charge in [-0.3, -0.25) is 0 Å². The number of hydrogen-bond donors (Lipinski definition) is 0. The van der Waals surface area contributed by atoms with Crippen LogP contribution in [-0.2, 0) is 6.54 Å². The molecule has 0 spiro atoms. The van der Waals surface area contributed by atoms with Crippen LogP contribution in [0.5, 0.6) is 0 Å². The molecule has 0 aliphatic heterocycles. The summed E-state index contributed by atoms with van der Waals surface area (Å²) in [6.07, 6.45) is 13.3. The van der Waals surface area contributed by atoms with Gasteiger partial charge in [0, 0.05) is 18.9 Å². The van der Waals surface area contributed by atoms with E-state index in [0.717, 1.165) is 6.54 Å². The molecule has 0 atom stereocenters. The predicted octanol–water partition coefficient (Wildman–Crippen LogP) is 3.33. The Morgan fingerprint density at radius 2 is 2.00 bits per heavy atom. The van der Waals surface area contributed by atoms with Crippen LogP contribution in [0.4, 0.5) is 0 Å². The van der Waals surface area contributed by atoms with Gasteiger partial charge in [0.05, 0.1) is 6.33 Å². The Morgan fingerprint density at radius 3 is 2.65 bits per heavy atom. The summed E-state index contributed by atoms with van der Waals surface area (Å²) in [4.78, 5) is 4.02. The molecular formula is C15H15N2. The van der Waals surface area contributed by atoms with Crippen LogP contribution >= 0.6 is 0 Å². The van der Waals surface area contributed by atoms with Crippen LogP contribution < -0.4 is 0 Å². The third-order valence-corrected chi connectivity index (χ3v) is 2.44. The number of hydrogen-bond acceptors (Lipinski definition) is 1. The van der Waals surface area contributed by atoms with Crippen molar-refractivity contribution in [2.75, 3.05) is 0 Å². The average Bonchev–Trinajstić information content (AvgIpc) is 2.85. The fraction of sp³-hybridized carbons (Fsp3) is 0.0667. The van der Waals surface area contributed by atoms with Gasteiger partial charge in [0.1, 0.15) is 0 Å². The number of rotatable bonds is 4. The molecule has 0 fully saturated rings. The molecule has 0 bridgehead atoms. The average molecular weight is 223 g/mol. The summed E-state index contributed by atoms with van der Waals surface area (Å²) in [5.74, 6) is 0. The standard InChI is InChI=1S/C15H15N2/c1-2-3-4-5-14-6-8-15(9-7-14)12-17-11-10-16-13-17/h2-11,13H,1,12H2/b3-2+,5-4+. The zero-order valence-electron chi connectivity index (χ0n) is 9.66. The molecule has 0 aliphatic rings. The molecule has 2 nitrogen and oxygen atoms in total. The van der Waals surface area contributed by atoms with E-state index in [0.29, 0.717) is 0 Å². The van der Waals surface area contributed by atoms with Gasteiger partial charge in [-0.05, 0) is 18.1 Å². The van der Waals surface area contributed by atoms with Gasteiger partial charge < -0.3 is 4.57 Å². The fourth-order valence-corrected chi connectivity index (χ4v) is 1.57. The quantitative estimate of drug-likeness (QED) is 0.727. The van der Waals surface area contributed by atoms with Gasteiger partial charge in [0.25, 0.3) is 0 Å². The third kappa shape index (κ3) is 3.45. The molecule has 1 aromatic carbocycles. The molecule has 0 saturated heterocycles. The summed E-state index contributed by atoms with van der Waals surface area (Å²) < 4.78 is 2.05. The minimum absolute atomic E-state index is 0.864. The minimum atomic E-state index is 0.864. The van der Waals surface area contributed by atoms with Crippen molar-refractivity contribution in [3.05, 3.63) is 79.3 Å². The Kier molecular flexibility index (Phi) is 3.92. The summed E-state index contributed by atoms with van der Waals surface area (Å²) in [7, 11) is 0. The van der Waals surface area contributed by atoms with E-state index in [1.165, 1.54) is 11.1 Å². The molecule has 2 aromatic rings. The SMILES string of the molecule is [CH2]/C=C/C=C/c1ccc(Cn2ccnc2)cc1. The normalized spacial score (nSPS) is 11.6. The first kappa shape index (κ1) is 11.4. The number of nitrogens with zero attached hydrogens (tertiary/aromatic N) is 2. The van der Waals surface area contributed by atoms with Gasteiger partial charge in [-0.1, -0.05) is 48.6 Å². The third-order valence-electron chi connectivity index (χ3n) is 2.44. The Hall–Kier alpha value is -2.09. The summed E-state index contributed by atoms with van der Waals surface area (Å²) in [5, 5.41) is 0. The maximum Gasteiger partial charge on any atom is 0.0949 e. The molecule has 2 heteroatoms. The highest BCUT2D eigenvalue weighted by Crippen LogP contribution is 2.08. The zero-order valence-corrected chi connectivity index (χ0v) is 9.66. The van der Waals surface area contributed by atoms with E-state index in [4.69, 9.17) is 0 Å². The van der Waals surface area contributed by atoms with E-state index in [2.05, 4.69) is 46.8 Å². The maximum atomic E-state index is 4.02. The summed E-state index contributed by atoms with van der Waals surface area (Å²) >= 11 is 0. The van der Waals surface area contributed by atoms with Crippen molar-refractivity contribution >= 4 is 6.08 Å². The molecule has 17 heavy (non-hydrogen) atoms. The molecule has 1 heterocycles. The molecule has 0 amide bonds. The Bertz CT molecular complexity index is 490. The van der Waals surface area contributed by atoms with Gasteiger partial charge >= 0.3 is 0 Å². The van der Waals surface area contributed by atoms with Gasteiger partial charge in [0.2, 0.25) is 0 Å². The number of allylic oxidation sites excluding steroid dienone is 3. The number of imidazole rings is 1. The van der Waals surface area contributed by atoms with Gasteiger partial charge in [-0.15, -0.1) is 0 Å².